The number of halogens is 4. The number of hydrogen-bond donors (Lipinski definition) is 0. The van der Waals surface area contributed by atoms with Crippen LogP contribution >= 0.6 is 11.6 Å². The molecule has 0 radical (unpaired) electrons. The lowest BCUT2D eigenvalue weighted by Gasteiger charge is -2.03. The van der Waals surface area contributed by atoms with Crippen LogP contribution in [0, 0.1) is 17.5 Å². The molecule has 1 aromatic heterocycles. The zero-order valence-corrected chi connectivity index (χ0v) is 8.47. The van der Waals surface area contributed by atoms with E-state index >= 15 is 0 Å². The van der Waals surface area contributed by atoms with Crippen LogP contribution in [0.5, 0.6) is 0 Å². The summed E-state index contributed by atoms with van der Waals surface area (Å²) in [5.74, 6) is -2.95. The van der Waals surface area contributed by atoms with Gasteiger partial charge < -0.3 is 0 Å². The SMILES string of the molecule is Fc1ccc(-c2ncnc(Cl)c2F)cc1F. The molecule has 0 aliphatic rings. The van der Waals surface area contributed by atoms with Crippen molar-refractivity contribution >= 4 is 11.6 Å². The molecule has 82 valence electrons. The van der Waals surface area contributed by atoms with Crippen molar-refractivity contribution in [2.75, 3.05) is 0 Å². The Morgan fingerprint density at radius 3 is 2.44 bits per heavy atom. The Morgan fingerprint density at radius 2 is 1.75 bits per heavy atom. The predicted octanol–water partition coefficient (Wildman–Crippen LogP) is 3.21. The fourth-order valence-electron chi connectivity index (χ4n) is 1.19. The largest absolute Gasteiger partial charge is 0.233 e. The van der Waals surface area contributed by atoms with Gasteiger partial charge in [0, 0.05) is 5.56 Å². The Hall–Kier alpha value is -1.62. The fraction of sp³-hybridized carbons (Fsp3) is 0. The van der Waals surface area contributed by atoms with Gasteiger partial charge in [-0.25, -0.2) is 23.1 Å². The Labute approximate surface area is 93.7 Å². The third kappa shape index (κ3) is 1.86. The van der Waals surface area contributed by atoms with Gasteiger partial charge in [-0.1, -0.05) is 11.6 Å². The summed E-state index contributed by atoms with van der Waals surface area (Å²) < 4.78 is 39.0. The van der Waals surface area contributed by atoms with E-state index in [1.807, 2.05) is 0 Å². The van der Waals surface area contributed by atoms with Crippen LogP contribution in [0.4, 0.5) is 13.2 Å². The zero-order chi connectivity index (χ0) is 11.7. The number of nitrogens with zero attached hydrogens (tertiary/aromatic N) is 2. The second-order valence-electron chi connectivity index (χ2n) is 2.96. The third-order valence-electron chi connectivity index (χ3n) is 1.94. The van der Waals surface area contributed by atoms with Crippen LogP contribution in [-0.2, 0) is 0 Å². The number of rotatable bonds is 1. The molecule has 0 amide bonds. The first-order chi connectivity index (χ1) is 7.59. The number of benzene rings is 1. The highest BCUT2D eigenvalue weighted by atomic mass is 35.5. The fourth-order valence-corrected chi connectivity index (χ4v) is 1.33. The van der Waals surface area contributed by atoms with Crippen molar-refractivity contribution < 1.29 is 13.2 Å². The normalized spacial score (nSPS) is 10.5. The molecule has 0 spiro atoms. The van der Waals surface area contributed by atoms with E-state index in [1.54, 1.807) is 0 Å². The van der Waals surface area contributed by atoms with Crippen LogP contribution < -0.4 is 0 Å². The van der Waals surface area contributed by atoms with Gasteiger partial charge >= 0.3 is 0 Å². The van der Waals surface area contributed by atoms with Crippen molar-refractivity contribution in [1.82, 2.24) is 9.97 Å². The zero-order valence-electron chi connectivity index (χ0n) is 7.72. The standard InChI is InChI=1S/C10H4ClF3N2/c11-10-8(14)9(15-4-16-10)5-1-2-6(12)7(13)3-5/h1-4H. The lowest BCUT2D eigenvalue weighted by Crippen LogP contribution is -1.94. The molecular weight excluding hydrogens is 241 g/mol. The van der Waals surface area contributed by atoms with Gasteiger partial charge in [0.05, 0.1) is 0 Å². The van der Waals surface area contributed by atoms with Gasteiger partial charge in [0.2, 0.25) is 0 Å². The van der Waals surface area contributed by atoms with Gasteiger partial charge in [0.1, 0.15) is 12.0 Å². The van der Waals surface area contributed by atoms with Gasteiger partial charge in [-0.05, 0) is 18.2 Å². The maximum absolute atomic E-state index is 13.4. The molecule has 0 aliphatic heterocycles. The maximum Gasteiger partial charge on any atom is 0.186 e. The van der Waals surface area contributed by atoms with Gasteiger partial charge in [-0.2, -0.15) is 0 Å². The van der Waals surface area contributed by atoms with Crippen LogP contribution in [0.15, 0.2) is 24.5 Å². The van der Waals surface area contributed by atoms with Crippen molar-refractivity contribution in [3.8, 4) is 11.3 Å². The molecule has 6 heteroatoms. The van der Waals surface area contributed by atoms with E-state index in [0.29, 0.717) is 0 Å². The molecule has 0 aliphatic carbocycles. The van der Waals surface area contributed by atoms with E-state index < -0.39 is 17.5 Å². The molecule has 0 saturated heterocycles. The summed E-state index contributed by atoms with van der Waals surface area (Å²) in [7, 11) is 0. The molecule has 0 atom stereocenters. The minimum Gasteiger partial charge on any atom is -0.233 e. The van der Waals surface area contributed by atoms with Crippen molar-refractivity contribution in [2.24, 2.45) is 0 Å². The van der Waals surface area contributed by atoms with Crippen LogP contribution in [0.1, 0.15) is 0 Å². The lowest BCUT2D eigenvalue weighted by molar-refractivity contribution is 0.509. The van der Waals surface area contributed by atoms with E-state index in [2.05, 4.69) is 9.97 Å². The molecule has 2 nitrogen and oxygen atoms in total. The molecule has 0 bridgehead atoms. The Balaban J connectivity index is 2.59. The maximum atomic E-state index is 13.4. The van der Waals surface area contributed by atoms with Crippen molar-refractivity contribution in [3.05, 3.63) is 47.1 Å². The molecule has 0 unspecified atom stereocenters. The lowest BCUT2D eigenvalue weighted by atomic mass is 10.1. The number of hydrogen-bond acceptors (Lipinski definition) is 2. The molecule has 0 N–H and O–H groups in total. The Kier molecular flexibility index (Phi) is 2.78. The molecule has 1 aromatic carbocycles. The van der Waals surface area contributed by atoms with E-state index in [1.165, 1.54) is 6.07 Å². The van der Waals surface area contributed by atoms with E-state index in [-0.39, 0.29) is 16.4 Å². The van der Waals surface area contributed by atoms with Crippen molar-refractivity contribution in [2.45, 2.75) is 0 Å². The average Bonchev–Trinajstić information content (AvgIpc) is 2.26. The summed E-state index contributed by atoms with van der Waals surface area (Å²) in [4.78, 5) is 7.04. The van der Waals surface area contributed by atoms with E-state index in [4.69, 9.17) is 11.6 Å². The highest BCUT2D eigenvalue weighted by Gasteiger charge is 2.13. The van der Waals surface area contributed by atoms with Crippen molar-refractivity contribution in [1.29, 1.82) is 0 Å². The topological polar surface area (TPSA) is 25.8 Å². The molecule has 0 fully saturated rings. The van der Waals surface area contributed by atoms with Crippen LogP contribution in [0.25, 0.3) is 11.3 Å². The Bertz CT molecular complexity index is 546. The highest BCUT2D eigenvalue weighted by molar-refractivity contribution is 6.29. The molecule has 0 saturated carbocycles. The molecule has 1 heterocycles. The summed E-state index contributed by atoms with van der Waals surface area (Å²) in [5.41, 5.74) is -0.0698. The van der Waals surface area contributed by atoms with E-state index in [9.17, 15) is 13.2 Å². The summed E-state index contributed by atoms with van der Waals surface area (Å²) in [5, 5.41) is -0.366. The summed E-state index contributed by atoms with van der Waals surface area (Å²) in [6.07, 6.45) is 1.04. The van der Waals surface area contributed by atoms with Crippen LogP contribution in [0.2, 0.25) is 5.15 Å². The average molecular weight is 245 g/mol. The summed E-state index contributed by atoms with van der Waals surface area (Å²) in [6.45, 7) is 0. The van der Waals surface area contributed by atoms with Crippen LogP contribution in [-0.4, -0.2) is 9.97 Å². The number of aromatic nitrogens is 2. The van der Waals surface area contributed by atoms with Crippen molar-refractivity contribution in [3.63, 3.8) is 0 Å². The Morgan fingerprint density at radius 1 is 1.00 bits per heavy atom. The monoisotopic (exact) mass is 244 g/mol. The van der Waals surface area contributed by atoms with Gasteiger partial charge in [0.15, 0.2) is 22.6 Å². The van der Waals surface area contributed by atoms with Crippen LogP contribution in [0.3, 0.4) is 0 Å². The quantitative estimate of drug-likeness (QED) is 0.720. The van der Waals surface area contributed by atoms with Gasteiger partial charge in [-0.15, -0.1) is 0 Å². The smallest absolute Gasteiger partial charge is 0.186 e. The minimum absolute atomic E-state index is 0.0979. The van der Waals surface area contributed by atoms with Gasteiger partial charge in [-0.3, -0.25) is 0 Å². The first-order valence-electron chi connectivity index (χ1n) is 4.21. The second-order valence-corrected chi connectivity index (χ2v) is 3.31. The third-order valence-corrected chi connectivity index (χ3v) is 2.20. The first-order valence-corrected chi connectivity index (χ1v) is 4.59. The predicted molar refractivity (Wildman–Crippen MR) is 52.4 cm³/mol. The first kappa shape index (κ1) is 10.9. The molecule has 16 heavy (non-hydrogen) atoms. The summed E-state index contributed by atoms with van der Waals surface area (Å²) >= 11 is 5.44. The highest BCUT2D eigenvalue weighted by Crippen LogP contribution is 2.24. The van der Waals surface area contributed by atoms with E-state index in [0.717, 1.165) is 18.5 Å². The second kappa shape index (κ2) is 4.09. The molecule has 2 rings (SSSR count). The molecular formula is C10H4ClF3N2. The summed E-state index contributed by atoms with van der Waals surface area (Å²) in [6, 6.07) is 2.94. The minimum atomic E-state index is -1.08. The molecule has 2 aromatic rings. The van der Waals surface area contributed by atoms with Gasteiger partial charge in [0.25, 0.3) is 0 Å².